The topological polar surface area (TPSA) is 67.6 Å². The van der Waals surface area contributed by atoms with Crippen molar-refractivity contribution in [3.05, 3.63) is 82.7 Å². The van der Waals surface area contributed by atoms with Crippen molar-refractivity contribution in [1.82, 2.24) is 15.4 Å². The third kappa shape index (κ3) is 5.13. The van der Waals surface area contributed by atoms with E-state index in [-0.39, 0.29) is 17.6 Å². The van der Waals surface area contributed by atoms with Crippen molar-refractivity contribution in [2.75, 3.05) is 20.2 Å². The summed E-state index contributed by atoms with van der Waals surface area (Å²) in [5.74, 6) is -0.904. The Bertz CT molecular complexity index is 1080. The first kappa shape index (κ1) is 22.0. The number of hydrogen-bond donors (Lipinski definition) is 1. The van der Waals surface area contributed by atoms with E-state index in [4.69, 9.17) is 9.26 Å². The Balaban J connectivity index is 1.29. The molecule has 0 saturated carbocycles. The number of carbonyl (C=O) groups excluding carboxylic acids is 1. The predicted octanol–water partition coefficient (Wildman–Crippen LogP) is 4.27. The second-order valence-corrected chi connectivity index (χ2v) is 7.91. The van der Waals surface area contributed by atoms with E-state index < -0.39 is 11.6 Å². The lowest BCUT2D eigenvalue weighted by Crippen LogP contribution is -2.32. The van der Waals surface area contributed by atoms with Gasteiger partial charge in [-0.15, -0.1) is 0 Å². The van der Waals surface area contributed by atoms with E-state index in [9.17, 15) is 13.6 Å². The van der Waals surface area contributed by atoms with Crippen LogP contribution in [-0.2, 0) is 13.1 Å². The molecule has 3 aromatic rings. The van der Waals surface area contributed by atoms with Crippen molar-refractivity contribution >= 4 is 5.91 Å². The van der Waals surface area contributed by atoms with E-state index in [0.717, 1.165) is 48.8 Å². The van der Waals surface area contributed by atoms with Crippen LogP contribution in [0.5, 0.6) is 5.75 Å². The molecule has 0 radical (unpaired) electrons. The van der Waals surface area contributed by atoms with Gasteiger partial charge < -0.3 is 14.6 Å². The maximum Gasteiger partial charge on any atom is 0.290 e. The predicted molar refractivity (Wildman–Crippen MR) is 114 cm³/mol. The Kier molecular flexibility index (Phi) is 6.80. The van der Waals surface area contributed by atoms with Gasteiger partial charge in [0.1, 0.15) is 5.75 Å². The van der Waals surface area contributed by atoms with Crippen LogP contribution in [0.3, 0.4) is 0 Å². The fourth-order valence-electron chi connectivity index (χ4n) is 3.98. The minimum absolute atomic E-state index is 0.180. The molecule has 1 aliphatic heterocycles. The molecule has 0 bridgehead atoms. The summed E-state index contributed by atoms with van der Waals surface area (Å²) in [6.07, 6.45) is 1.69. The normalized spacial score (nSPS) is 15.0. The van der Waals surface area contributed by atoms with Gasteiger partial charge in [-0.25, -0.2) is 8.78 Å². The highest BCUT2D eigenvalue weighted by molar-refractivity contribution is 5.91. The molecule has 0 spiro atoms. The van der Waals surface area contributed by atoms with E-state index in [2.05, 4.69) is 15.4 Å². The highest BCUT2D eigenvalue weighted by Gasteiger charge is 2.25. The first-order chi connectivity index (χ1) is 15.5. The van der Waals surface area contributed by atoms with Gasteiger partial charge in [0.25, 0.3) is 5.91 Å². The van der Waals surface area contributed by atoms with Crippen molar-refractivity contribution < 1.29 is 22.8 Å². The van der Waals surface area contributed by atoms with E-state index in [1.807, 2.05) is 24.3 Å². The number of aromatic nitrogens is 1. The fraction of sp³-hybridized carbons (Fsp3) is 0.333. The molecule has 8 heteroatoms. The van der Waals surface area contributed by atoms with Gasteiger partial charge in [-0.05, 0) is 49.7 Å². The monoisotopic (exact) mass is 441 g/mol. The molecule has 0 atom stereocenters. The summed E-state index contributed by atoms with van der Waals surface area (Å²) in [7, 11) is 1.59. The van der Waals surface area contributed by atoms with Gasteiger partial charge in [-0.1, -0.05) is 29.4 Å². The molecule has 1 amide bonds. The Morgan fingerprint density at radius 2 is 1.94 bits per heavy atom. The number of piperidine rings is 1. The second kappa shape index (κ2) is 9.91. The van der Waals surface area contributed by atoms with Crippen LogP contribution in [0.1, 0.15) is 46.1 Å². The molecule has 1 aliphatic rings. The van der Waals surface area contributed by atoms with Gasteiger partial charge in [-0.2, -0.15) is 0 Å². The Morgan fingerprint density at radius 1 is 1.16 bits per heavy atom. The quantitative estimate of drug-likeness (QED) is 0.593. The van der Waals surface area contributed by atoms with Crippen LogP contribution in [0.4, 0.5) is 8.78 Å². The van der Waals surface area contributed by atoms with E-state index >= 15 is 0 Å². The van der Waals surface area contributed by atoms with Crippen LogP contribution in [0.2, 0.25) is 0 Å². The van der Waals surface area contributed by atoms with Gasteiger partial charge in [0, 0.05) is 30.6 Å². The fourth-order valence-corrected chi connectivity index (χ4v) is 3.98. The lowest BCUT2D eigenvalue weighted by atomic mass is 9.93. The summed E-state index contributed by atoms with van der Waals surface area (Å²) in [5.41, 5.74) is 2.38. The number of methoxy groups -OCH3 is 1. The van der Waals surface area contributed by atoms with Crippen molar-refractivity contribution in [2.45, 2.75) is 31.8 Å². The average Bonchev–Trinajstić information content (AvgIpc) is 3.31. The largest absolute Gasteiger partial charge is 0.496 e. The summed E-state index contributed by atoms with van der Waals surface area (Å²) in [6, 6.07) is 13.2. The van der Waals surface area contributed by atoms with Crippen LogP contribution < -0.4 is 10.1 Å². The molecule has 1 N–H and O–H groups in total. The van der Waals surface area contributed by atoms with Crippen molar-refractivity contribution in [3.63, 3.8) is 0 Å². The van der Waals surface area contributed by atoms with Crippen LogP contribution in [0, 0.1) is 11.6 Å². The number of likely N-dealkylation sites (tertiary alicyclic amines) is 1. The zero-order valence-electron chi connectivity index (χ0n) is 17.8. The summed E-state index contributed by atoms with van der Waals surface area (Å²) >= 11 is 0. The molecule has 2 aromatic carbocycles. The minimum atomic E-state index is -0.832. The number of para-hydroxylation sites is 1. The Hall–Kier alpha value is -3.26. The molecular weight excluding hydrogens is 416 g/mol. The maximum atomic E-state index is 13.4. The van der Waals surface area contributed by atoms with Crippen molar-refractivity contribution in [3.8, 4) is 5.75 Å². The maximum absolute atomic E-state index is 13.4. The smallest absolute Gasteiger partial charge is 0.290 e. The van der Waals surface area contributed by atoms with Gasteiger partial charge in [0.15, 0.2) is 11.6 Å². The number of rotatable bonds is 7. The number of amides is 1. The standard InChI is InChI=1S/C24H25F2N3O3/c1-31-22-5-3-2-4-18(22)14-27-24(30)23-13-21(28-32-23)17-8-10-29(11-9-17)15-16-6-7-19(25)20(26)12-16/h2-7,12-13,17H,8-11,14-15H2,1H3,(H,27,30). The van der Waals surface area contributed by atoms with Crippen LogP contribution in [-0.4, -0.2) is 36.2 Å². The molecule has 1 aromatic heterocycles. The molecular formula is C24H25F2N3O3. The second-order valence-electron chi connectivity index (χ2n) is 7.91. The lowest BCUT2D eigenvalue weighted by Gasteiger charge is -2.31. The van der Waals surface area contributed by atoms with Gasteiger partial charge in [0.05, 0.1) is 12.8 Å². The number of benzene rings is 2. The average molecular weight is 441 g/mol. The number of halogens is 2. The number of nitrogens with one attached hydrogen (secondary N) is 1. The molecule has 4 rings (SSSR count). The molecule has 32 heavy (non-hydrogen) atoms. The Labute approximate surface area is 185 Å². The summed E-state index contributed by atoms with van der Waals surface area (Å²) < 4.78 is 37.1. The first-order valence-corrected chi connectivity index (χ1v) is 10.6. The van der Waals surface area contributed by atoms with Crippen LogP contribution >= 0.6 is 0 Å². The molecule has 168 valence electrons. The number of hydrogen-bond acceptors (Lipinski definition) is 5. The third-order valence-electron chi connectivity index (χ3n) is 5.78. The molecule has 1 saturated heterocycles. The highest BCUT2D eigenvalue weighted by Crippen LogP contribution is 2.28. The van der Waals surface area contributed by atoms with Gasteiger partial charge in [0.2, 0.25) is 5.76 Å². The summed E-state index contributed by atoms with van der Waals surface area (Å²) in [4.78, 5) is 14.7. The molecule has 6 nitrogen and oxygen atoms in total. The van der Waals surface area contributed by atoms with Gasteiger partial charge >= 0.3 is 0 Å². The van der Waals surface area contributed by atoms with Gasteiger partial charge in [-0.3, -0.25) is 9.69 Å². The Morgan fingerprint density at radius 3 is 2.69 bits per heavy atom. The third-order valence-corrected chi connectivity index (χ3v) is 5.78. The van der Waals surface area contributed by atoms with Crippen LogP contribution in [0.25, 0.3) is 0 Å². The lowest BCUT2D eigenvalue weighted by molar-refractivity contribution is 0.0913. The summed E-state index contributed by atoms with van der Waals surface area (Å²) in [6.45, 7) is 2.48. The van der Waals surface area contributed by atoms with E-state index in [1.165, 1.54) is 6.07 Å². The SMILES string of the molecule is COc1ccccc1CNC(=O)c1cc(C2CCN(Cc3ccc(F)c(F)c3)CC2)no1. The molecule has 2 heterocycles. The first-order valence-electron chi connectivity index (χ1n) is 10.6. The zero-order chi connectivity index (χ0) is 22.5. The van der Waals surface area contributed by atoms with Crippen molar-refractivity contribution in [1.29, 1.82) is 0 Å². The number of nitrogens with zero attached hydrogens (tertiary/aromatic N) is 2. The van der Waals surface area contributed by atoms with Crippen molar-refractivity contribution in [2.24, 2.45) is 0 Å². The zero-order valence-corrected chi connectivity index (χ0v) is 17.8. The molecule has 0 unspecified atom stereocenters. The van der Waals surface area contributed by atoms with Crippen LogP contribution in [0.15, 0.2) is 53.1 Å². The summed E-state index contributed by atoms with van der Waals surface area (Å²) in [5, 5.41) is 6.94. The molecule has 0 aliphatic carbocycles. The highest BCUT2D eigenvalue weighted by atomic mass is 19.2. The minimum Gasteiger partial charge on any atom is -0.496 e. The van der Waals surface area contributed by atoms with E-state index in [0.29, 0.717) is 18.8 Å². The number of carbonyl (C=O) groups is 1. The molecule has 1 fully saturated rings. The van der Waals surface area contributed by atoms with E-state index in [1.54, 1.807) is 19.2 Å². The number of ether oxygens (including phenoxy) is 1.